The van der Waals surface area contributed by atoms with Crippen LogP contribution < -0.4 is 15.1 Å². The van der Waals surface area contributed by atoms with Gasteiger partial charge in [-0.2, -0.15) is 4.98 Å². The van der Waals surface area contributed by atoms with Gasteiger partial charge in [-0.25, -0.2) is 9.97 Å². The predicted octanol–water partition coefficient (Wildman–Crippen LogP) is 1.97. The number of carbonyl (C=O) groups excluding carboxylic acids is 1. The fraction of sp³-hybridized carbons (Fsp3) is 0.333. The van der Waals surface area contributed by atoms with Gasteiger partial charge >= 0.3 is 0 Å². The van der Waals surface area contributed by atoms with E-state index in [4.69, 9.17) is 9.72 Å². The molecule has 1 amide bonds. The zero-order valence-electron chi connectivity index (χ0n) is 16.9. The summed E-state index contributed by atoms with van der Waals surface area (Å²) in [5.74, 6) is 1.28. The molecule has 4 rings (SSSR count). The van der Waals surface area contributed by atoms with E-state index in [1.165, 1.54) is 5.56 Å². The first kappa shape index (κ1) is 19.8. The molecule has 9 heteroatoms. The Morgan fingerprint density at radius 1 is 1.23 bits per heavy atom. The van der Waals surface area contributed by atoms with Crippen LogP contribution in [0, 0.1) is 0 Å². The number of hydrogen-bond donors (Lipinski definition) is 2. The van der Waals surface area contributed by atoms with Gasteiger partial charge in [-0.3, -0.25) is 10.1 Å². The number of imidazole rings is 1. The minimum Gasteiger partial charge on any atom is -0.378 e. The molecule has 1 aromatic carbocycles. The van der Waals surface area contributed by atoms with Crippen molar-refractivity contribution in [2.45, 2.75) is 6.42 Å². The molecule has 156 valence electrons. The van der Waals surface area contributed by atoms with E-state index in [-0.39, 0.29) is 5.91 Å². The number of benzene rings is 1. The largest absolute Gasteiger partial charge is 0.378 e. The average molecular weight is 407 g/mol. The molecule has 1 saturated heterocycles. The van der Waals surface area contributed by atoms with Crippen molar-refractivity contribution in [3.8, 4) is 0 Å². The lowest BCUT2D eigenvalue weighted by Crippen LogP contribution is -2.37. The van der Waals surface area contributed by atoms with Crippen molar-refractivity contribution < 1.29 is 9.53 Å². The summed E-state index contributed by atoms with van der Waals surface area (Å²) >= 11 is 0. The fourth-order valence-electron chi connectivity index (χ4n) is 3.21. The first-order valence-corrected chi connectivity index (χ1v) is 9.96. The third kappa shape index (κ3) is 4.93. The van der Waals surface area contributed by atoms with E-state index in [1.807, 2.05) is 30.1 Å². The summed E-state index contributed by atoms with van der Waals surface area (Å²) in [6.07, 6.45) is 4.09. The van der Waals surface area contributed by atoms with E-state index in [0.717, 1.165) is 31.9 Å². The molecule has 0 spiro atoms. The summed E-state index contributed by atoms with van der Waals surface area (Å²) in [5.41, 5.74) is 1.54. The van der Waals surface area contributed by atoms with Crippen molar-refractivity contribution in [1.29, 1.82) is 0 Å². The van der Waals surface area contributed by atoms with Crippen LogP contribution in [0.15, 0.2) is 48.8 Å². The van der Waals surface area contributed by atoms with Crippen LogP contribution in [0.2, 0.25) is 0 Å². The van der Waals surface area contributed by atoms with Gasteiger partial charge in [0, 0.05) is 45.1 Å². The molecule has 3 heterocycles. The number of ether oxygens (including phenoxy) is 1. The first-order chi connectivity index (χ1) is 14.7. The highest BCUT2D eigenvalue weighted by Crippen LogP contribution is 2.19. The molecule has 30 heavy (non-hydrogen) atoms. The number of morpholine rings is 1. The standard InChI is InChI=1S/C21H25N7O2/c1-27(10-7-16-5-3-2-4-6-16)21-24-17(19(29)26-20-22-8-9-23-20)15-18(25-21)28-11-13-30-14-12-28/h2-6,8-9,15H,7,10-14H2,1H3,(H2,22,23,26,29). The Labute approximate surface area is 175 Å². The van der Waals surface area contributed by atoms with Crippen LogP contribution in [0.5, 0.6) is 0 Å². The van der Waals surface area contributed by atoms with Gasteiger partial charge in [0.05, 0.1) is 13.2 Å². The second-order valence-electron chi connectivity index (χ2n) is 7.06. The molecule has 0 saturated carbocycles. The normalized spacial score (nSPS) is 13.8. The number of likely N-dealkylation sites (N-methyl/N-ethyl adjacent to an activating group) is 1. The van der Waals surface area contributed by atoms with Crippen molar-refractivity contribution in [2.75, 3.05) is 55.0 Å². The molecule has 2 N–H and O–H groups in total. The lowest BCUT2D eigenvalue weighted by molar-refractivity contribution is 0.102. The third-order valence-corrected chi connectivity index (χ3v) is 4.92. The maximum atomic E-state index is 12.8. The molecular formula is C21H25N7O2. The lowest BCUT2D eigenvalue weighted by Gasteiger charge is -2.29. The van der Waals surface area contributed by atoms with Crippen molar-refractivity contribution in [1.82, 2.24) is 19.9 Å². The number of nitrogens with one attached hydrogen (secondary N) is 2. The average Bonchev–Trinajstić information content (AvgIpc) is 3.31. The molecule has 1 aliphatic rings. The topological polar surface area (TPSA) is 99.3 Å². The van der Waals surface area contributed by atoms with Crippen LogP contribution >= 0.6 is 0 Å². The fourth-order valence-corrected chi connectivity index (χ4v) is 3.21. The van der Waals surface area contributed by atoms with Gasteiger partial charge < -0.3 is 19.5 Å². The Morgan fingerprint density at radius 2 is 2.03 bits per heavy atom. The summed E-state index contributed by atoms with van der Waals surface area (Å²) in [7, 11) is 1.94. The summed E-state index contributed by atoms with van der Waals surface area (Å²) in [6, 6.07) is 12.0. The summed E-state index contributed by atoms with van der Waals surface area (Å²) in [5, 5.41) is 2.73. The van der Waals surface area contributed by atoms with Crippen LogP contribution in [0.1, 0.15) is 16.1 Å². The predicted molar refractivity (Wildman–Crippen MR) is 115 cm³/mol. The van der Waals surface area contributed by atoms with E-state index < -0.39 is 0 Å². The van der Waals surface area contributed by atoms with Crippen LogP contribution in [0.4, 0.5) is 17.7 Å². The van der Waals surface area contributed by atoms with Crippen molar-refractivity contribution in [3.05, 3.63) is 60.0 Å². The van der Waals surface area contributed by atoms with Crippen LogP contribution in [-0.4, -0.2) is 65.7 Å². The number of amides is 1. The summed E-state index contributed by atoms with van der Waals surface area (Å²) in [6.45, 7) is 3.46. The molecule has 3 aromatic rings. The first-order valence-electron chi connectivity index (χ1n) is 9.96. The van der Waals surface area contributed by atoms with Crippen molar-refractivity contribution >= 4 is 23.6 Å². The minimum atomic E-state index is -0.334. The number of aromatic nitrogens is 4. The summed E-state index contributed by atoms with van der Waals surface area (Å²) < 4.78 is 5.45. The van der Waals surface area contributed by atoms with E-state index in [1.54, 1.807) is 18.5 Å². The lowest BCUT2D eigenvalue weighted by atomic mass is 10.1. The Morgan fingerprint density at radius 3 is 2.77 bits per heavy atom. The van der Waals surface area contributed by atoms with E-state index >= 15 is 0 Å². The number of anilines is 3. The Bertz CT molecular complexity index is 957. The molecule has 1 aliphatic heterocycles. The highest BCUT2D eigenvalue weighted by molar-refractivity contribution is 6.02. The molecule has 1 fully saturated rings. The Kier molecular flexibility index (Phi) is 6.19. The minimum absolute atomic E-state index is 0.296. The second kappa shape index (κ2) is 9.36. The smallest absolute Gasteiger partial charge is 0.276 e. The highest BCUT2D eigenvalue weighted by Gasteiger charge is 2.20. The number of aromatic amines is 1. The molecule has 0 bridgehead atoms. The number of H-pyrrole nitrogens is 1. The molecular weight excluding hydrogens is 382 g/mol. The number of rotatable bonds is 7. The molecule has 9 nitrogen and oxygen atoms in total. The number of hydrogen-bond acceptors (Lipinski definition) is 7. The Balaban J connectivity index is 1.56. The molecule has 2 aromatic heterocycles. The van der Waals surface area contributed by atoms with Crippen LogP contribution in [-0.2, 0) is 11.2 Å². The van der Waals surface area contributed by atoms with Crippen LogP contribution in [0.25, 0.3) is 0 Å². The highest BCUT2D eigenvalue weighted by atomic mass is 16.5. The zero-order chi connectivity index (χ0) is 20.8. The number of carbonyl (C=O) groups is 1. The second-order valence-corrected chi connectivity index (χ2v) is 7.06. The van der Waals surface area contributed by atoms with Gasteiger partial charge in [0.1, 0.15) is 11.5 Å². The van der Waals surface area contributed by atoms with Gasteiger partial charge in [0.15, 0.2) is 0 Å². The van der Waals surface area contributed by atoms with Gasteiger partial charge in [-0.1, -0.05) is 30.3 Å². The zero-order valence-corrected chi connectivity index (χ0v) is 16.9. The maximum absolute atomic E-state index is 12.8. The maximum Gasteiger partial charge on any atom is 0.276 e. The van der Waals surface area contributed by atoms with Crippen molar-refractivity contribution in [2.24, 2.45) is 0 Å². The number of nitrogens with zero attached hydrogens (tertiary/aromatic N) is 5. The molecule has 0 radical (unpaired) electrons. The van der Waals surface area contributed by atoms with Gasteiger partial charge in [-0.05, 0) is 12.0 Å². The Hall–Kier alpha value is -3.46. The molecule has 0 unspecified atom stereocenters. The van der Waals surface area contributed by atoms with E-state index in [0.29, 0.717) is 30.8 Å². The van der Waals surface area contributed by atoms with Gasteiger partial charge in [0.25, 0.3) is 5.91 Å². The molecule has 0 atom stereocenters. The van der Waals surface area contributed by atoms with Crippen LogP contribution in [0.3, 0.4) is 0 Å². The molecule has 0 aliphatic carbocycles. The van der Waals surface area contributed by atoms with Gasteiger partial charge in [0.2, 0.25) is 11.9 Å². The third-order valence-electron chi connectivity index (χ3n) is 4.92. The quantitative estimate of drug-likeness (QED) is 0.618. The summed E-state index contributed by atoms with van der Waals surface area (Å²) in [4.78, 5) is 33.0. The monoisotopic (exact) mass is 407 g/mol. The van der Waals surface area contributed by atoms with E-state index in [2.05, 4.69) is 37.3 Å². The van der Waals surface area contributed by atoms with E-state index in [9.17, 15) is 4.79 Å². The SMILES string of the molecule is CN(CCc1ccccc1)c1nc(C(=O)Nc2ncc[nH]2)cc(N2CCOCC2)n1. The van der Waals surface area contributed by atoms with Crippen molar-refractivity contribution in [3.63, 3.8) is 0 Å². The van der Waals surface area contributed by atoms with Gasteiger partial charge in [-0.15, -0.1) is 0 Å².